The van der Waals surface area contributed by atoms with Crippen LogP contribution >= 0.6 is 0 Å². The summed E-state index contributed by atoms with van der Waals surface area (Å²) in [6.07, 6.45) is 4.78. The molecule has 2 N–H and O–H groups in total. The second-order valence-electron chi connectivity index (χ2n) is 4.68. The molecule has 0 radical (unpaired) electrons. The van der Waals surface area contributed by atoms with Crippen LogP contribution in [0.2, 0.25) is 0 Å². The molecule has 1 aliphatic carbocycles. The second-order valence-corrected chi connectivity index (χ2v) is 6.83. The summed E-state index contributed by atoms with van der Waals surface area (Å²) < 4.78 is 25.6. The minimum atomic E-state index is -3.07. The lowest BCUT2D eigenvalue weighted by Crippen LogP contribution is -2.42. The van der Waals surface area contributed by atoms with E-state index < -0.39 is 10.0 Å². The Morgan fingerprint density at radius 1 is 1.38 bits per heavy atom. The van der Waals surface area contributed by atoms with Crippen LogP contribution in [0.15, 0.2) is 0 Å². The number of nitrogens with two attached hydrogens (primary N) is 1. The zero-order valence-electron chi connectivity index (χ0n) is 10.4. The van der Waals surface area contributed by atoms with Crippen molar-refractivity contribution >= 4 is 10.0 Å². The van der Waals surface area contributed by atoms with Crippen molar-refractivity contribution < 1.29 is 8.42 Å². The largest absolute Gasteiger partial charge is 0.330 e. The molecule has 1 aliphatic rings. The zero-order valence-corrected chi connectivity index (χ0v) is 11.2. The quantitative estimate of drug-likeness (QED) is 0.767. The molecule has 0 aromatic heterocycles. The molecule has 0 bridgehead atoms. The minimum Gasteiger partial charge on any atom is -0.330 e. The molecule has 0 aromatic rings. The molecule has 0 spiro atoms. The fraction of sp³-hybridized carbons (Fsp3) is 1.00. The fourth-order valence-electron chi connectivity index (χ4n) is 2.45. The molecule has 5 heteroatoms. The molecule has 1 rings (SSSR count). The highest BCUT2D eigenvalue weighted by Gasteiger charge is 2.34. The van der Waals surface area contributed by atoms with Crippen LogP contribution in [-0.2, 0) is 10.0 Å². The van der Waals surface area contributed by atoms with E-state index in [1.165, 1.54) is 0 Å². The van der Waals surface area contributed by atoms with Crippen LogP contribution < -0.4 is 5.73 Å². The number of hydrogen-bond acceptors (Lipinski definition) is 3. The van der Waals surface area contributed by atoms with Gasteiger partial charge in [0.25, 0.3) is 0 Å². The van der Waals surface area contributed by atoms with E-state index >= 15 is 0 Å². The number of unbranched alkanes of at least 4 members (excludes halogenated alkanes) is 1. The average Bonchev–Trinajstić information content (AvgIpc) is 2.73. The predicted octanol–water partition coefficient (Wildman–Crippen LogP) is 1.18. The predicted molar refractivity (Wildman–Crippen MR) is 66.6 cm³/mol. The third-order valence-corrected chi connectivity index (χ3v) is 5.54. The standard InChI is InChI=1S/C11H24N2O2S/c1-3-4-8-16(14,15)13(2)11-7-5-6-10(11)9-12/h10-11H,3-9,12H2,1-2H3. The zero-order chi connectivity index (χ0) is 12.2. The van der Waals surface area contributed by atoms with Gasteiger partial charge in [0.1, 0.15) is 0 Å². The molecular weight excluding hydrogens is 224 g/mol. The normalized spacial score (nSPS) is 26.5. The first-order valence-corrected chi connectivity index (χ1v) is 7.79. The minimum absolute atomic E-state index is 0.131. The van der Waals surface area contributed by atoms with Gasteiger partial charge in [0.05, 0.1) is 5.75 Å². The highest BCUT2D eigenvalue weighted by molar-refractivity contribution is 7.89. The molecule has 0 saturated heterocycles. The van der Waals surface area contributed by atoms with Crippen molar-refractivity contribution in [1.29, 1.82) is 0 Å². The molecule has 0 heterocycles. The lowest BCUT2D eigenvalue weighted by atomic mass is 10.0. The molecule has 1 saturated carbocycles. The van der Waals surface area contributed by atoms with E-state index in [-0.39, 0.29) is 11.8 Å². The summed E-state index contributed by atoms with van der Waals surface area (Å²) in [4.78, 5) is 0. The average molecular weight is 248 g/mol. The summed E-state index contributed by atoms with van der Waals surface area (Å²) in [6, 6.07) is 0.131. The molecule has 1 fully saturated rings. The Morgan fingerprint density at radius 2 is 2.06 bits per heavy atom. The first-order chi connectivity index (χ1) is 7.53. The summed E-state index contributed by atoms with van der Waals surface area (Å²) in [5, 5.41) is 0. The topological polar surface area (TPSA) is 63.4 Å². The van der Waals surface area contributed by atoms with Gasteiger partial charge in [0.2, 0.25) is 10.0 Å². The highest BCUT2D eigenvalue weighted by atomic mass is 32.2. The molecular formula is C11H24N2O2S. The second kappa shape index (κ2) is 5.98. The number of hydrogen-bond donors (Lipinski definition) is 1. The van der Waals surface area contributed by atoms with Crippen molar-refractivity contribution in [3.63, 3.8) is 0 Å². The Morgan fingerprint density at radius 3 is 2.62 bits per heavy atom. The summed E-state index contributed by atoms with van der Waals surface area (Å²) >= 11 is 0. The maximum atomic E-state index is 12.0. The fourth-order valence-corrected chi connectivity index (χ4v) is 4.08. The molecule has 2 atom stereocenters. The van der Waals surface area contributed by atoms with Crippen LogP contribution in [0.3, 0.4) is 0 Å². The molecule has 96 valence electrons. The maximum Gasteiger partial charge on any atom is 0.214 e. The van der Waals surface area contributed by atoms with Crippen LogP contribution in [0.25, 0.3) is 0 Å². The van der Waals surface area contributed by atoms with Gasteiger partial charge >= 0.3 is 0 Å². The van der Waals surface area contributed by atoms with Gasteiger partial charge in [-0.05, 0) is 31.7 Å². The van der Waals surface area contributed by atoms with E-state index in [2.05, 4.69) is 0 Å². The van der Waals surface area contributed by atoms with Gasteiger partial charge in [0.15, 0.2) is 0 Å². The third kappa shape index (κ3) is 3.18. The van der Waals surface area contributed by atoms with E-state index in [9.17, 15) is 8.42 Å². The van der Waals surface area contributed by atoms with Crippen molar-refractivity contribution in [3.8, 4) is 0 Å². The van der Waals surface area contributed by atoms with Crippen LogP contribution in [0.5, 0.6) is 0 Å². The highest BCUT2D eigenvalue weighted by Crippen LogP contribution is 2.30. The SMILES string of the molecule is CCCCS(=O)(=O)N(C)C1CCCC1CN. The first-order valence-electron chi connectivity index (χ1n) is 6.18. The monoisotopic (exact) mass is 248 g/mol. The Balaban J connectivity index is 2.65. The molecule has 4 nitrogen and oxygen atoms in total. The summed E-state index contributed by atoms with van der Waals surface area (Å²) in [5.74, 6) is 0.620. The van der Waals surface area contributed by atoms with Gasteiger partial charge in [-0.15, -0.1) is 0 Å². The van der Waals surface area contributed by atoms with Crippen LogP contribution in [0, 0.1) is 5.92 Å². The van der Waals surface area contributed by atoms with E-state index in [1.807, 2.05) is 6.92 Å². The van der Waals surface area contributed by atoms with E-state index in [4.69, 9.17) is 5.73 Å². The van der Waals surface area contributed by atoms with Crippen LogP contribution in [0.1, 0.15) is 39.0 Å². The van der Waals surface area contributed by atoms with Gasteiger partial charge in [0, 0.05) is 13.1 Å². The lowest BCUT2D eigenvalue weighted by molar-refractivity contribution is 0.304. The van der Waals surface area contributed by atoms with Crippen molar-refractivity contribution in [2.75, 3.05) is 19.3 Å². The van der Waals surface area contributed by atoms with Crippen LogP contribution in [0.4, 0.5) is 0 Å². The summed E-state index contributed by atoms with van der Waals surface area (Å²) in [7, 11) is -1.36. The van der Waals surface area contributed by atoms with E-state index in [0.29, 0.717) is 12.5 Å². The number of rotatable bonds is 6. The third-order valence-electron chi connectivity index (χ3n) is 3.58. The maximum absolute atomic E-state index is 12.0. The van der Waals surface area contributed by atoms with E-state index in [0.717, 1.165) is 32.1 Å². The molecule has 0 aromatic carbocycles. The Kier molecular flexibility index (Phi) is 5.21. The molecule has 2 unspecified atom stereocenters. The smallest absolute Gasteiger partial charge is 0.214 e. The molecule has 16 heavy (non-hydrogen) atoms. The van der Waals surface area contributed by atoms with Gasteiger partial charge in [-0.2, -0.15) is 0 Å². The van der Waals surface area contributed by atoms with Crippen LogP contribution in [-0.4, -0.2) is 38.1 Å². The Hall–Kier alpha value is -0.130. The Labute approximate surface area is 99.2 Å². The van der Waals surface area contributed by atoms with Crippen molar-refractivity contribution in [2.45, 2.75) is 45.1 Å². The van der Waals surface area contributed by atoms with Crippen molar-refractivity contribution in [2.24, 2.45) is 11.7 Å². The van der Waals surface area contributed by atoms with Gasteiger partial charge in [-0.3, -0.25) is 0 Å². The number of nitrogens with zero attached hydrogens (tertiary/aromatic N) is 1. The lowest BCUT2D eigenvalue weighted by Gasteiger charge is -2.28. The number of sulfonamides is 1. The molecule has 0 aliphatic heterocycles. The van der Waals surface area contributed by atoms with Crippen molar-refractivity contribution in [3.05, 3.63) is 0 Å². The van der Waals surface area contributed by atoms with Gasteiger partial charge in [-0.1, -0.05) is 19.8 Å². The summed E-state index contributed by atoms with van der Waals surface area (Å²) in [5.41, 5.74) is 5.68. The first kappa shape index (κ1) is 13.9. The van der Waals surface area contributed by atoms with Gasteiger partial charge < -0.3 is 5.73 Å². The Bertz CT molecular complexity index is 303. The van der Waals surface area contributed by atoms with Gasteiger partial charge in [-0.25, -0.2) is 12.7 Å². The summed E-state index contributed by atoms with van der Waals surface area (Å²) in [6.45, 7) is 2.60. The molecule has 0 amide bonds. The van der Waals surface area contributed by atoms with Crippen molar-refractivity contribution in [1.82, 2.24) is 4.31 Å². The van der Waals surface area contributed by atoms with E-state index in [1.54, 1.807) is 11.4 Å².